The van der Waals surface area contributed by atoms with E-state index >= 15 is 0 Å². The maximum absolute atomic E-state index is 6.19. The second-order valence-corrected chi connectivity index (χ2v) is 6.15. The molecule has 0 atom stereocenters. The van der Waals surface area contributed by atoms with Gasteiger partial charge < -0.3 is 10.4 Å². The molecule has 17 heavy (non-hydrogen) atoms. The van der Waals surface area contributed by atoms with Gasteiger partial charge in [0.2, 0.25) is 0 Å². The number of nitrogen functional groups attached to an aromatic ring is 1. The van der Waals surface area contributed by atoms with Crippen molar-refractivity contribution in [2.75, 3.05) is 5.73 Å². The zero-order valence-corrected chi connectivity index (χ0v) is 11.4. The van der Waals surface area contributed by atoms with Crippen LogP contribution < -0.4 is 11.2 Å². The molecule has 1 aliphatic heterocycles. The Morgan fingerprint density at radius 1 is 1.35 bits per heavy atom. The summed E-state index contributed by atoms with van der Waals surface area (Å²) in [7, 11) is 0. The van der Waals surface area contributed by atoms with E-state index in [1.165, 1.54) is 0 Å². The van der Waals surface area contributed by atoms with Crippen molar-refractivity contribution in [3.63, 3.8) is 0 Å². The average Bonchev–Trinajstić information content (AvgIpc) is 2.40. The van der Waals surface area contributed by atoms with Crippen LogP contribution in [0.5, 0.6) is 0 Å². The Balaban J connectivity index is 2.35. The Morgan fingerprint density at radius 3 is 2.53 bits per heavy atom. The van der Waals surface area contributed by atoms with Crippen molar-refractivity contribution < 1.29 is 4.65 Å². The van der Waals surface area contributed by atoms with E-state index in [0.29, 0.717) is 5.69 Å². The highest BCUT2D eigenvalue weighted by molar-refractivity contribution is 6.68. The molecule has 0 unspecified atom stereocenters. The van der Waals surface area contributed by atoms with E-state index in [1.54, 1.807) is 6.20 Å². The number of aromatic nitrogens is 1. The third-order valence-corrected chi connectivity index (χ3v) is 4.26. The summed E-state index contributed by atoms with van der Waals surface area (Å²) in [4.78, 5) is 4.31. The first kappa shape index (κ1) is 12.4. The van der Waals surface area contributed by atoms with Gasteiger partial charge in [-0.2, -0.15) is 0 Å². The van der Waals surface area contributed by atoms with E-state index in [9.17, 15) is 0 Å². The standard InChI is InChI=1S/C13H21BN2O/c1-9-11(6-10(15)7-16-9)14-8-12(2,3)13(4,5)17-14/h6-7H,8,15H2,1-5H3. The van der Waals surface area contributed by atoms with Gasteiger partial charge in [-0.05, 0) is 44.0 Å². The van der Waals surface area contributed by atoms with Gasteiger partial charge in [0.25, 0.3) is 0 Å². The third-order valence-electron chi connectivity index (χ3n) is 4.26. The van der Waals surface area contributed by atoms with Crippen molar-refractivity contribution in [3.05, 3.63) is 18.0 Å². The molecule has 0 aromatic carbocycles. The Morgan fingerprint density at radius 2 is 2.00 bits per heavy atom. The van der Waals surface area contributed by atoms with E-state index in [0.717, 1.165) is 17.5 Å². The molecule has 2 N–H and O–H groups in total. The molecule has 2 rings (SSSR count). The van der Waals surface area contributed by atoms with Crippen molar-refractivity contribution in [3.8, 4) is 0 Å². The fourth-order valence-corrected chi connectivity index (χ4v) is 2.33. The van der Waals surface area contributed by atoms with Crippen molar-refractivity contribution in [1.29, 1.82) is 0 Å². The lowest BCUT2D eigenvalue weighted by atomic mass is 9.54. The predicted molar refractivity (Wildman–Crippen MR) is 72.5 cm³/mol. The van der Waals surface area contributed by atoms with Crippen LogP contribution in [0.2, 0.25) is 6.32 Å². The molecule has 0 radical (unpaired) electrons. The van der Waals surface area contributed by atoms with Crippen LogP contribution in [0.1, 0.15) is 33.4 Å². The van der Waals surface area contributed by atoms with Gasteiger partial charge in [-0.25, -0.2) is 0 Å². The molecule has 0 aliphatic carbocycles. The normalized spacial score (nSPS) is 21.8. The van der Waals surface area contributed by atoms with Crippen LogP contribution in [0.3, 0.4) is 0 Å². The summed E-state index contributed by atoms with van der Waals surface area (Å²) in [5.74, 6) is 0. The Hall–Kier alpha value is -1.03. The van der Waals surface area contributed by atoms with Crippen LogP contribution in [0.15, 0.2) is 12.3 Å². The lowest BCUT2D eigenvalue weighted by Crippen LogP contribution is -2.37. The molecule has 0 bridgehead atoms. The molecule has 0 spiro atoms. The summed E-state index contributed by atoms with van der Waals surface area (Å²) in [6.45, 7) is 10.9. The van der Waals surface area contributed by atoms with Gasteiger partial charge in [-0.1, -0.05) is 13.8 Å². The third kappa shape index (κ3) is 2.06. The second-order valence-electron chi connectivity index (χ2n) is 6.15. The summed E-state index contributed by atoms with van der Waals surface area (Å²) < 4.78 is 6.19. The lowest BCUT2D eigenvalue weighted by Gasteiger charge is -2.34. The van der Waals surface area contributed by atoms with Crippen molar-refractivity contribution in [2.24, 2.45) is 5.41 Å². The Kier molecular flexibility index (Phi) is 2.73. The maximum Gasteiger partial charge on any atom is 0.329 e. The van der Waals surface area contributed by atoms with Gasteiger partial charge in [0.1, 0.15) is 0 Å². The maximum atomic E-state index is 6.19. The van der Waals surface area contributed by atoms with Crippen molar-refractivity contribution in [2.45, 2.75) is 46.5 Å². The number of aryl methyl sites for hydroxylation is 1. The first-order valence-corrected chi connectivity index (χ1v) is 6.13. The molecule has 1 aromatic rings. The molecule has 4 heteroatoms. The number of nitrogens with zero attached hydrogens (tertiary/aromatic N) is 1. The molecule has 2 heterocycles. The van der Waals surface area contributed by atoms with E-state index in [4.69, 9.17) is 10.4 Å². The summed E-state index contributed by atoms with van der Waals surface area (Å²) in [6.07, 6.45) is 2.70. The van der Waals surface area contributed by atoms with Crippen LogP contribution in [-0.4, -0.2) is 17.5 Å². The molecule has 3 nitrogen and oxygen atoms in total. The fourth-order valence-electron chi connectivity index (χ4n) is 2.33. The molecule has 1 fully saturated rings. The van der Waals surface area contributed by atoms with Gasteiger partial charge in [0.05, 0.1) is 5.60 Å². The Bertz CT molecular complexity index is 427. The van der Waals surface area contributed by atoms with Gasteiger partial charge in [-0.3, -0.25) is 4.98 Å². The SMILES string of the molecule is Cc1ncc(N)cc1B1CC(C)(C)C(C)(C)O1. The predicted octanol–water partition coefficient (Wildman–Crippen LogP) is 2.01. The van der Waals surface area contributed by atoms with E-state index < -0.39 is 0 Å². The largest absolute Gasteiger partial charge is 0.425 e. The van der Waals surface area contributed by atoms with E-state index in [-0.39, 0.29) is 17.9 Å². The molecular weight excluding hydrogens is 211 g/mol. The number of pyridine rings is 1. The highest BCUT2D eigenvalue weighted by Crippen LogP contribution is 2.45. The van der Waals surface area contributed by atoms with Crippen LogP contribution in [0.4, 0.5) is 5.69 Å². The summed E-state index contributed by atoms with van der Waals surface area (Å²) >= 11 is 0. The lowest BCUT2D eigenvalue weighted by molar-refractivity contribution is 0.0375. The van der Waals surface area contributed by atoms with E-state index in [2.05, 4.69) is 32.7 Å². The minimum absolute atomic E-state index is 0.107. The van der Waals surface area contributed by atoms with Gasteiger partial charge in [-0.15, -0.1) is 0 Å². The highest BCUT2D eigenvalue weighted by Gasteiger charge is 2.50. The van der Waals surface area contributed by atoms with Crippen LogP contribution >= 0.6 is 0 Å². The van der Waals surface area contributed by atoms with E-state index in [1.807, 2.05) is 13.0 Å². The molecule has 1 aliphatic rings. The van der Waals surface area contributed by atoms with Gasteiger partial charge in [0.15, 0.2) is 0 Å². The molecule has 0 amide bonds. The minimum atomic E-state index is -0.116. The van der Waals surface area contributed by atoms with Crippen molar-refractivity contribution >= 4 is 18.1 Å². The zero-order chi connectivity index (χ0) is 12.8. The number of nitrogens with two attached hydrogens (primary N) is 1. The molecule has 0 saturated carbocycles. The first-order chi connectivity index (χ1) is 7.73. The Labute approximate surface area is 104 Å². The number of anilines is 1. The average molecular weight is 232 g/mol. The minimum Gasteiger partial charge on any atom is -0.425 e. The van der Waals surface area contributed by atoms with Crippen LogP contribution in [0, 0.1) is 12.3 Å². The van der Waals surface area contributed by atoms with Crippen molar-refractivity contribution in [1.82, 2.24) is 4.98 Å². The van der Waals surface area contributed by atoms with Crippen LogP contribution in [0.25, 0.3) is 0 Å². The summed E-state index contributed by atoms with van der Waals surface area (Å²) in [5, 5.41) is 0. The topological polar surface area (TPSA) is 48.1 Å². The monoisotopic (exact) mass is 232 g/mol. The first-order valence-electron chi connectivity index (χ1n) is 6.13. The molecule has 1 saturated heterocycles. The molecule has 1 aromatic heterocycles. The zero-order valence-electron chi connectivity index (χ0n) is 11.4. The number of hydrogen-bond acceptors (Lipinski definition) is 3. The number of rotatable bonds is 1. The summed E-state index contributed by atoms with van der Waals surface area (Å²) in [5.41, 5.74) is 8.70. The molecular formula is C13H21BN2O. The summed E-state index contributed by atoms with van der Waals surface area (Å²) in [6, 6.07) is 1.99. The number of hydrogen-bond donors (Lipinski definition) is 1. The van der Waals surface area contributed by atoms with Gasteiger partial charge in [0, 0.05) is 17.6 Å². The quantitative estimate of drug-likeness (QED) is 0.753. The smallest absolute Gasteiger partial charge is 0.329 e. The molecule has 92 valence electrons. The van der Waals surface area contributed by atoms with Crippen LogP contribution in [-0.2, 0) is 4.65 Å². The van der Waals surface area contributed by atoms with Gasteiger partial charge >= 0.3 is 6.92 Å². The highest BCUT2D eigenvalue weighted by atomic mass is 16.5. The fraction of sp³-hybridized carbons (Fsp3) is 0.615. The second kappa shape index (κ2) is 3.74.